The molecule has 162 valence electrons. The number of nitrogens with zero attached hydrogens (tertiary/aromatic N) is 2. The second-order valence-electron chi connectivity index (χ2n) is 7.44. The molecule has 4 rings (SSSR count). The van der Waals surface area contributed by atoms with E-state index >= 15 is 0 Å². The SMILES string of the molecule is CN=C1C(=C2Cc3ccccc3N2)C(=O)C(CO)(CO)N1c1cc(OC)cc(OC)c1. The van der Waals surface area contributed by atoms with Gasteiger partial charge in [0.15, 0.2) is 11.3 Å². The Morgan fingerprint density at radius 2 is 1.74 bits per heavy atom. The van der Waals surface area contributed by atoms with Gasteiger partial charge in [-0.3, -0.25) is 9.79 Å². The summed E-state index contributed by atoms with van der Waals surface area (Å²) in [6.45, 7) is -1.19. The predicted octanol–water partition coefficient (Wildman–Crippen LogP) is 1.77. The van der Waals surface area contributed by atoms with Crippen molar-refractivity contribution in [2.24, 2.45) is 4.99 Å². The molecule has 8 heteroatoms. The fraction of sp³-hybridized carbons (Fsp3) is 0.304. The van der Waals surface area contributed by atoms with E-state index in [0.29, 0.717) is 40.7 Å². The summed E-state index contributed by atoms with van der Waals surface area (Å²) in [4.78, 5) is 19.7. The fourth-order valence-electron chi connectivity index (χ4n) is 4.20. The van der Waals surface area contributed by atoms with E-state index in [1.54, 1.807) is 30.1 Å². The van der Waals surface area contributed by atoms with Crippen molar-refractivity contribution in [3.8, 4) is 11.5 Å². The Hall–Kier alpha value is -3.36. The van der Waals surface area contributed by atoms with Gasteiger partial charge in [-0.15, -0.1) is 0 Å². The number of Topliss-reactive ketones (excluding diaryl/α,β-unsaturated/α-hetero) is 1. The molecule has 2 aromatic rings. The van der Waals surface area contributed by atoms with E-state index in [0.717, 1.165) is 11.3 Å². The van der Waals surface area contributed by atoms with Crippen molar-refractivity contribution in [2.45, 2.75) is 12.0 Å². The van der Waals surface area contributed by atoms with Crippen molar-refractivity contribution >= 4 is 23.0 Å². The number of carbonyl (C=O) groups is 1. The summed E-state index contributed by atoms with van der Waals surface area (Å²) in [5.74, 6) is 0.984. The molecule has 2 aromatic carbocycles. The molecule has 8 nitrogen and oxygen atoms in total. The molecule has 0 aliphatic carbocycles. The number of methoxy groups -OCH3 is 2. The van der Waals surface area contributed by atoms with E-state index in [2.05, 4.69) is 10.3 Å². The van der Waals surface area contributed by atoms with Gasteiger partial charge in [0.25, 0.3) is 0 Å². The van der Waals surface area contributed by atoms with Crippen LogP contribution in [-0.2, 0) is 11.2 Å². The highest BCUT2D eigenvalue weighted by atomic mass is 16.5. The number of para-hydroxylation sites is 1. The van der Waals surface area contributed by atoms with Crippen LogP contribution >= 0.6 is 0 Å². The number of nitrogens with one attached hydrogen (secondary N) is 1. The van der Waals surface area contributed by atoms with Crippen LogP contribution in [-0.4, -0.2) is 61.9 Å². The summed E-state index contributed by atoms with van der Waals surface area (Å²) < 4.78 is 10.8. The third-order valence-electron chi connectivity index (χ3n) is 5.81. The molecule has 2 heterocycles. The van der Waals surface area contributed by atoms with E-state index in [1.807, 2.05) is 24.3 Å². The monoisotopic (exact) mass is 423 g/mol. The zero-order chi connectivity index (χ0) is 22.2. The van der Waals surface area contributed by atoms with Crippen LogP contribution in [0.1, 0.15) is 5.56 Å². The lowest BCUT2D eigenvalue weighted by Crippen LogP contribution is -2.56. The Morgan fingerprint density at radius 1 is 1.10 bits per heavy atom. The molecule has 31 heavy (non-hydrogen) atoms. The molecule has 0 aromatic heterocycles. The minimum atomic E-state index is -1.61. The van der Waals surface area contributed by atoms with Crippen molar-refractivity contribution < 1.29 is 24.5 Å². The van der Waals surface area contributed by atoms with Crippen LogP contribution in [0.5, 0.6) is 11.5 Å². The Kier molecular flexibility index (Phi) is 5.43. The number of aliphatic imine (C=N–C) groups is 1. The third-order valence-corrected chi connectivity index (χ3v) is 5.81. The maximum Gasteiger partial charge on any atom is 0.199 e. The molecular weight excluding hydrogens is 398 g/mol. The van der Waals surface area contributed by atoms with Crippen LogP contribution < -0.4 is 19.7 Å². The Balaban J connectivity index is 1.92. The number of ketones is 1. The number of amidine groups is 1. The molecule has 3 N–H and O–H groups in total. The first-order valence-corrected chi connectivity index (χ1v) is 9.88. The van der Waals surface area contributed by atoms with Crippen LogP contribution in [0.15, 0.2) is 58.7 Å². The van der Waals surface area contributed by atoms with Gasteiger partial charge in [-0.25, -0.2) is 0 Å². The van der Waals surface area contributed by atoms with Gasteiger partial charge in [0.2, 0.25) is 0 Å². The molecule has 1 fully saturated rings. The lowest BCUT2D eigenvalue weighted by atomic mass is 9.93. The van der Waals surface area contributed by atoms with Gasteiger partial charge in [-0.05, 0) is 11.6 Å². The van der Waals surface area contributed by atoms with Crippen LogP contribution in [0.25, 0.3) is 0 Å². The van der Waals surface area contributed by atoms with E-state index in [4.69, 9.17) is 9.47 Å². The first-order valence-electron chi connectivity index (χ1n) is 9.88. The van der Waals surface area contributed by atoms with E-state index < -0.39 is 24.5 Å². The number of benzene rings is 2. The number of fused-ring (bicyclic) bond motifs is 1. The van der Waals surface area contributed by atoms with Crippen molar-refractivity contribution in [2.75, 3.05) is 44.7 Å². The molecule has 0 atom stereocenters. The quantitative estimate of drug-likeness (QED) is 0.630. The smallest absolute Gasteiger partial charge is 0.199 e. The predicted molar refractivity (Wildman–Crippen MR) is 118 cm³/mol. The second-order valence-corrected chi connectivity index (χ2v) is 7.44. The molecule has 0 bridgehead atoms. The van der Waals surface area contributed by atoms with Crippen molar-refractivity contribution in [3.63, 3.8) is 0 Å². The summed E-state index contributed by atoms with van der Waals surface area (Å²) in [5, 5.41) is 24.0. The minimum Gasteiger partial charge on any atom is -0.497 e. The number of anilines is 2. The number of hydrogen-bond donors (Lipinski definition) is 3. The minimum absolute atomic E-state index is 0.351. The molecule has 0 amide bonds. The highest BCUT2D eigenvalue weighted by Crippen LogP contribution is 2.42. The number of carbonyl (C=O) groups excluding carboxylic acids is 1. The maximum atomic E-state index is 13.7. The largest absolute Gasteiger partial charge is 0.497 e. The molecule has 0 radical (unpaired) electrons. The zero-order valence-corrected chi connectivity index (χ0v) is 17.7. The number of aliphatic hydroxyl groups is 2. The number of allylic oxidation sites excluding steroid dienone is 1. The van der Waals surface area contributed by atoms with Gasteiger partial charge in [0.1, 0.15) is 17.3 Å². The Morgan fingerprint density at radius 3 is 2.29 bits per heavy atom. The van der Waals surface area contributed by atoms with Crippen LogP contribution in [0.3, 0.4) is 0 Å². The highest BCUT2D eigenvalue weighted by molar-refractivity contribution is 6.38. The van der Waals surface area contributed by atoms with E-state index in [9.17, 15) is 15.0 Å². The summed E-state index contributed by atoms with van der Waals surface area (Å²) >= 11 is 0. The molecule has 0 unspecified atom stereocenters. The average Bonchev–Trinajstić information content (AvgIpc) is 3.34. The molecule has 1 saturated heterocycles. The summed E-state index contributed by atoms with van der Waals surface area (Å²) in [6, 6.07) is 12.9. The standard InChI is InChI=1S/C23H25N3O5/c1-24-22-20(19-8-14-6-4-5-7-18(14)25-19)21(29)23(12-27,13-28)26(22)15-9-16(30-2)11-17(10-15)31-3/h4-7,9-11,25,27-28H,8,12-13H2,1-3H3. The topological polar surface area (TPSA) is 104 Å². The van der Waals surface area contributed by atoms with E-state index in [-0.39, 0.29) is 0 Å². The van der Waals surface area contributed by atoms with Crippen LogP contribution in [0, 0.1) is 0 Å². The Bertz CT molecular complexity index is 1040. The molecular formula is C23H25N3O5. The summed E-state index contributed by atoms with van der Waals surface area (Å²) in [6.07, 6.45) is 0.526. The lowest BCUT2D eigenvalue weighted by Gasteiger charge is -2.35. The number of aliphatic hydroxyl groups excluding tert-OH is 2. The van der Waals surface area contributed by atoms with Crippen LogP contribution in [0.2, 0.25) is 0 Å². The fourth-order valence-corrected chi connectivity index (χ4v) is 4.20. The van der Waals surface area contributed by atoms with Crippen molar-refractivity contribution in [3.05, 3.63) is 59.3 Å². The first kappa shape index (κ1) is 20.9. The number of rotatable bonds is 5. The molecule has 0 spiro atoms. The van der Waals surface area contributed by atoms with E-state index in [1.165, 1.54) is 14.2 Å². The van der Waals surface area contributed by atoms with Gasteiger partial charge in [-0.1, -0.05) is 18.2 Å². The van der Waals surface area contributed by atoms with Crippen molar-refractivity contribution in [1.82, 2.24) is 0 Å². The second kappa shape index (κ2) is 8.05. The Labute approximate surface area is 180 Å². The number of ether oxygens (including phenoxy) is 2. The van der Waals surface area contributed by atoms with Crippen molar-refractivity contribution in [1.29, 1.82) is 0 Å². The van der Waals surface area contributed by atoms with Gasteiger partial charge < -0.3 is 29.9 Å². The maximum absolute atomic E-state index is 13.7. The summed E-state index contributed by atoms with van der Waals surface area (Å²) in [5.41, 5.74) is 1.94. The lowest BCUT2D eigenvalue weighted by molar-refractivity contribution is -0.121. The first-order chi connectivity index (χ1) is 15.0. The third kappa shape index (κ3) is 3.15. The zero-order valence-electron chi connectivity index (χ0n) is 17.7. The summed E-state index contributed by atoms with van der Waals surface area (Å²) in [7, 11) is 4.64. The van der Waals surface area contributed by atoms with Gasteiger partial charge in [-0.2, -0.15) is 0 Å². The molecule has 2 aliphatic heterocycles. The van der Waals surface area contributed by atoms with Gasteiger partial charge in [0, 0.05) is 43.1 Å². The highest BCUT2D eigenvalue weighted by Gasteiger charge is 2.56. The van der Waals surface area contributed by atoms with Gasteiger partial charge in [0.05, 0.1) is 38.7 Å². The molecule has 0 saturated carbocycles. The molecule has 2 aliphatic rings. The van der Waals surface area contributed by atoms with Gasteiger partial charge >= 0.3 is 0 Å². The number of hydrogen-bond acceptors (Lipinski definition) is 7. The average molecular weight is 423 g/mol. The normalized spacial score (nSPS) is 20.7. The van der Waals surface area contributed by atoms with Crippen LogP contribution in [0.4, 0.5) is 11.4 Å².